The lowest BCUT2D eigenvalue weighted by molar-refractivity contribution is -0.129. The fourth-order valence-corrected chi connectivity index (χ4v) is 5.53. The van der Waals surface area contributed by atoms with Crippen molar-refractivity contribution in [2.24, 2.45) is 5.92 Å². The van der Waals surface area contributed by atoms with Crippen molar-refractivity contribution in [2.75, 3.05) is 23.5 Å². The highest BCUT2D eigenvalue weighted by molar-refractivity contribution is 9.10. The van der Waals surface area contributed by atoms with Crippen molar-refractivity contribution in [3.63, 3.8) is 0 Å². The number of rotatable bonds is 7. The van der Waals surface area contributed by atoms with Gasteiger partial charge in [0, 0.05) is 21.5 Å². The van der Waals surface area contributed by atoms with E-state index in [4.69, 9.17) is 4.74 Å². The predicted octanol–water partition coefficient (Wildman–Crippen LogP) is 6.47. The molecular formula is C33H31BrFN3O4. The van der Waals surface area contributed by atoms with E-state index in [-0.39, 0.29) is 36.4 Å². The zero-order valence-electron chi connectivity index (χ0n) is 23.6. The van der Waals surface area contributed by atoms with Gasteiger partial charge in [0.2, 0.25) is 5.91 Å². The minimum Gasteiger partial charge on any atom is -0.496 e. The van der Waals surface area contributed by atoms with E-state index in [1.165, 1.54) is 29.2 Å². The van der Waals surface area contributed by atoms with E-state index in [1.807, 2.05) is 37.3 Å². The lowest BCUT2D eigenvalue weighted by Crippen LogP contribution is -2.53. The quantitative estimate of drug-likeness (QED) is 0.253. The molecular weight excluding hydrogens is 601 g/mol. The van der Waals surface area contributed by atoms with Gasteiger partial charge in [-0.25, -0.2) is 4.39 Å². The third-order valence-electron chi connectivity index (χ3n) is 7.69. The molecule has 0 saturated heterocycles. The third-order valence-corrected chi connectivity index (χ3v) is 8.19. The monoisotopic (exact) mass is 631 g/mol. The summed E-state index contributed by atoms with van der Waals surface area (Å²) in [5, 5.41) is 4.78. The first-order chi connectivity index (χ1) is 20.2. The second-order valence-electron chi connectivity index (χ2n) is 10.3. The Labute approximate surface area is 252 Å². The van der Waals surface area contributed by atoms with Crippen LogP contribution in [-0.4, -0.2) is 37.4 Å². The Kier molecular flexibility index (Phi) is 8.59. The molecule has 0 spiro atoms. The number of methoxy groups -OCH3 is 1. The molecule has 4 aromatic carbocycles. The van der Waals surface area contributed by atoms with E-state index in [9.17, 15) is 18.8 Å². The van der Waals surface area contributed by atoms with Crippen molar-refractivity contribution in [2.45, 2.75) is 32.9 Å². The summed E-state index contributed by atoms with van der Waals surface area (Å²) in [6.45, 7) is 3.73. The van der Waals surface area contributed by atoms with Gasteiger partial charge in [0.25, 0.3) is 11.8 Å². The Morgan fingerprint density at radius 3 is 2.45 bits per heavy atom. The molecule has 0 fully saturated rings. The maximum atomic E-state index is 14.4. The number of para-hydroxylation sites is 2. The molecule has 1 heterocycles. The van der Waals surface area contributed by atoms with Crippen LogP contribution in [0.15, 0.2) is 83.3 Å². The van der Waals surface area contributed by atoms with Crippen LogP contribution in [-0.2, 0) is 16.1 Å². The van der Waals surface area contributed by atoms with Crippen LogP contribution in [0.25, 0.3) is 10.8 Å². The Hall–Kier alpha value is -4.24. The molecule has 0 aromatic heterocycles. The minimum absolute atomic E-state index is 0.0929. The number of carbonyl (C=O) groups is 3. The Morgan fingerprint density at radius 2 is 1.76 bits per heavy atom. The van der Waals surface area contributed by atoms with Gasteiger partial charge in [-0.2, -0.15) is 0 Å². The molecule has 0 bridgehead atoms. The Bertz CT molecular complexity index is 1660. The number of amides is 3. The van der Waals surface area contributed by atoms with Crippen molar-refractivity contribution in [1.82, 2.24) is 5.32 Å². The summed E-state index contributed by atoms with van der Waals surface area (Å²) in [6.07, 6.45) is 0.595. The summed E-state index contributed by atoms with van der Waals surface area (Å²) in [6, 6.07) is 21.1. The molecule has 42 heavy (non-hydrogen) atoms. The summed E-state index contributed by atoms with van der Waals surface area (Å²) < 4.78 is 20.3. The second kappa shape index (κ2) is 12.3. The highest BCUT2D eigenvalue weighted by atomic mass is 79.9. The SMILES string of the molecule is CC[C@@H](C)C(=O)N[C@H]1CN(C(=O)c2ccc(F)cc2)c2ccccc2N(Cc2c(OC)ccc3cc(Br)ccc23)C1=O. The first kappa shape index (κ1) is 29.3. The van der Waals surface area contributed by atoms with Gasteiger partial charge >= 0.3 is 0 Å². The summed E-state index contributed by atoms with van der Waals surface area (Å²) in [5.74, 6) is -1.21. The van der Waals surface area contributed by atoms with Crippen LogP contribution < -0.4 is 19.9 Å². The largest absolute Gasteiger partial charge is 0.496 e. The molecule has 0 unspecified atom stereocenters. The number of hydrogen-bond donors (Lipinski definition) is 1. The summed E-state index contributed by atoms with van der Waals surface area (Å²) in [7, 11) is 1.58. The van der Waals surface area contributed by atoms with Gasteiger partial charge in [0.1, 0.15) is 17.6 Å². The normalized spacial score (nSPS) is 15.6. The number of ether oxygens (including phenoxy) is 1. The molecule has 0 saturated carbocycles. The van der Waals surface area contributed by atoms with Gasteiger partial charge in [-0.3, -0.25) is 14.4 Å². The van der Waals surface area contributed by atoms with Crippen molar-refractivity contribution >= 4 is 55.8 Å². The van der Waals surface area contributed by atoms with Crippen LogP contribution in [0.5, 0.6) is 5.75 Å². The first-order valence-electron chi connectivity index (χ1n) is 13.7. The minimum atomic E-state index is -1.03. The number of nitrogens with zero attached hydrogens (tertiary/aromatic N) is 2. The number of carbonyl (C=O) groups excluding carboxylic acids is 3. The van der Waals surface area contributed by atoms with Crippen LogP contribution in [0.4, 0.5) is 15.8 Å². The fourth-order valence-electron chi connectivity index (χ4n) is 5.15. The zero-order chi connectivity index (χ0) is 30.0. The number of benzene rings is 4. The smallest absolute Gasteiger partial charge is 0.258 e. The molecule has 5 rings (SSSR count). The first-order valence-corrected chi connectivity index (χ1v) is 14.5. The molecule has 0 aliphatic carbocycles. The molecule has 9 heteroatoms. The highest BCUT2D eigenvalue weighted by Gasteiger charge is 2.38. The van der Waals surface area contributed by atoms with E-state index < -0.39 is 17.8 Å². The fraction of sp³-hybridized carbons (Fsp3) is 0.242. The van der Waals surface area contributed by atoms with Gasteiger partial charge in [-0.15, -0.1) is 0 Å². The molecule has 0 radical (unpaired) electrons. The van der Waals surface area contributed by atoms with Crippen LogP contribution in [0.1, 0.15) is 36.2 Å². The van der Waals surface area contributed by atoms with E-state index >= 15 is 0 Å². The standard InChI is InChI=1S/C33H31BrFN3O4/c1-4-20(2)31(39)36-27-19-38(32(40)21-9-13-24(35)14-10-21)29-8-6-5-7-28(29)37(33(27)41)18-26-25-15-12-23(34)17-22(25)11-16-30(26)42-3/h5-17,20,27H,4,18-19H2,1-3H3,(H,36,39)/t20-,27+/m1/s1. The molecule has 7 nitrogen and oxygen atoms in total. The number of nitrogens with one attached hydrogen (secondary N) is 1. The van der Waals surface area contributed by atoms with Crippen LogP contribution >= 0.6 is 15.9 Å². The summed E-state index contributed by atoms with van der Waals surface area (Å²) in [4.78, 5) is 44.4. The van der Waals surface area contributed by atoms with Gasteiger partial charge in [0.05, 0.1) is 31.6 Å². The predicted molar refractivity (Wildman–Crippen MR) is 165 cm³/mol. The van der Waals surface area contributed by atoms with Crippen LogP contribution in [0.3, 0.4) is 0 Å². The maximum absolute atomic E-state index is 14.4. The molecule has 2 atom stereocenters. The highest BCUT2D eigenvalue weighted by Crippen LogP contribution is 2.38. The zero-order valence-corrected chi connectivity index (χ0v) is 25.2. The average molecular weight is 633 g/mol. The van der Waals surface area contributed by atoms with Crippen molar-refractivity contribution in [1.29, 1.82) is 0 Å². The van der Waals surface area contributed by atoms with E-state index in [2.05, 4.69) is 21.2 Å². The van der Waals surface area contributed by atoms with E-state index in [1.54, 1.807) is 43.2 Å². The Balaban J connectivity index is 1.65. The van der Waals surface area contributed by atoms with Crippen molar-refractivity contribution < 1.29 is 23.5 Å². The molecule has 1 aliphatic rings. The van der Waals surface area contributed by atoms with Crippen molar-refractivity contribution in [3.05, 3.63) is 100 Å². The van der Waals surface area contributed by atoms with Crippen LogP contribution in [0, 0.1) is 11.7 Å². The van der Waals surface area contributed by atoms with Crippen molar-refractivity contribution in [3.8, 4) is 5.75 Å². The molecule has 4 aromatic rings. The lowest BCUT2D eigenvalue weighted by atomic mass is 10.0. The Morgan fingerprint density at radius 1 is 1.05 bits per heavy atom. The lowest BCUT2D eigenvalue weighted by Gasteiger charge is -2.27. The van der Waals surface area contributed by atoms with E-state index in [0.717, 1.165) is 20.8 Å². The number of anilines is 2. The van der Waals surface area contributed by atoms with Crippen LogP contribution in [0.2, 0.25) is 0 Å². The molecule has 216 valence electrons. The van der Waals surface area contributed by atoms with E-state index in [0.29, 0.717) is 23.5 Å². The maximum Gasteiger partial charge on any atom is 0.258 e. The second-order valence-corrected chi connectivity index (χ2v) is 11.2. The van der Waals surface area contributed by atoms with Gasteiger partial charge in [0.15, 0.2) is 0 Å². The average Bonchev–Trinajstić information content (AvgIpc) is 3.11. The summed E-state index contributed by atoms with van der Waals surface area (Å²) >= 11 is 3.53. The molecule has 3 amide bonds. The number of halogens is 2. The third kappa shape index (κ3) is 5.74. The van der Waals surface area contributed by atoms with Gasteiger partial charge < -0.3 is 19.9 Å². The van der Waals surface area contributed by atoms with Gasteiger partial charge in [-0.1, -0.05) is 54.0 Å². The number of fused-ring (bicyclic) bond motifs is 2. The number of hydrogen-bond acceptors (Lipinski definition) is 4. The van der Waals surface area contributed by atoms with Gasteiger partial charge in [-0.05, 0) is 71.8 Å². The molecule has 1 aliphatic heterocycles. The molecule has 1 N–H and O–H groups in total. The topological polar surface area (TPSA) is 79.0 Å². The summed E-state index contributed by atoms with van der Waals surface area (Å²) in [5.41, 5.74) is 2.06.